The third-order valence-electron chi connectivity index (χ3n) is 1.77. The minimum atomic E-state index is 0.433. The molecule has 1 heterocycles. The molecule has 12 heavy (non-hydrogen) atoms. The lowest BCUT2D eigenvalue weighted by Crippen LogP contribution is -1.95. The van der Waals surface area contributed by atoms with Crippen molar-refractivity contribution in [1.29, 1.82) is 0 Å². The van der Waals surface area contributed by atoms with Crippen molar-refractivity contribution in [2.24, 2.45) is 5.73 Å². The van der Waals surface area contributed by atoms with Crippen LogP contribution in [-0.2, 0) is 6.54 Å². The predicted molar refractivity (Wildman–Crippen MR) is 46.9 cm³/mol. The first-order valence-electron chi connectivity index (χ1n) is 3.55. The van der Waals surface area contributed by atoms with E-state index in [1.54, 1.807) is 12.3 Å². The maximum Gasteiger partial charge on any atom is 0.172 e. The van der Waals surface area contributed by atoms with Crippen LogP contribution in [-0.4, -0.2) is 5.16 Å². The lowest BCUT2D eigenvalue weighted by atomic mass is 10.1. The van der Waals surface area contributed by atoms with Gasteiger partial charge in [0.25, 0.3) is 0 Å². The van der Waals surface area contributed by atoms with Gasteiger partial charge in [0.15, 0.2) is 5.58 Å². The Morgan fingerprint density at radius 2 is 2.33 bits per heavy atom. The minimum Gasteiger partial charge on any atom is -0.356 e. The van der Waals surface area contributed by atoms with Gasteiger partial charge in [-0.05, 0) is 6.07 Å². The van der Waals surface area contributed by atoms with Crippen molar-refractivity contribution >= 4 is 22.6 Å². The van der Waals surface area contributed by atoms with Gasteiger partial charge in [0, 0.05) is 12.1 Å². The van der Waals surface area contributed by atoms with Gasteiger partial charge < -0.3 is 10.3 Å². The van der Waals surface area contributed by atoms with E-state index >= 15 is 0 Å². The average Bonchev–Trinajstić information content (AvgIpc) is 2.54. The first-order chi connectivity index (χ1) is 5.83. The number of benzene rings is 1. The SMILES string of the molecule is NCc1ccc(Cl)c2cnoc12. The summed E-state index contributed by atoms with van der Waals surface area (Å²) in [5, 5.41) is 5.12. The van der Waals surface area contributed by atoms with Gasteiger partial charge in [-0.25, -0.2) is 0 Å². The Kier molecular flexibility index (Phi) is 1.75. The molecule has 4 heteroatoms. The molecule has 0 radical (unpaired) electrons. The van der Waals surface area contributed by atoms with Gasteiger partial charge in [-0.15, -0.1) is 0 Å². The Labute approximate surface area is 74.1 Å². The maximum atomic E-state index is 5.89. The third-order valence-corrected chi connectivity index (χ3v) is 2.10. The standard InChI is InChI=1S/C8H7ClN2O/c9-7-2-1-5(3-10)8-6(7)4-11-12-8/h1-2,4H,3,10H2. The summed E-state index contributed by atoms with van der Waals surface area (Å²) in [6, 6.07) is 3.64. The molecule has 2 aromatic rings. The van der Waals surface area contributed by atoms with Crippen LogP contribution in [0.2, 0.25) is 5.02 Å². The van der Waals surface area contributed by atoms with Crippen molar-refractivity contribution in [3.05, 3.63) is 28.9 Å². The third kappa shape index (κ3) is 0.983. The van der Waals surface area contributed by atoms with Crippen LogP contribution in [0.1, 0.15) is 5.56 Å². The van der Waals surface area contributed by atoms with Gasteiger partial charge in [0.2, 0.25) is 0 Å². The molecule has 1 aromatic heterocycles. The summed E-state index contributed by atoms with van der Waals surface area (Å²) in [4.78, 5) is 0. The summed E-state index contributed by atoms with van der Waals surface area (Å²) >= 11 is 5.89. The number of fused-ring (bicyclic) bond motifs is 1. The summed E-state index contributed by atoms with van der Waals surface area (Å²) in [5.41, 5.74) is 7.10. The average molecular weight is 183 g/mol. The van der Waals surface area contributed by atoms with Gasteiger partial charge in [-0.2, -0.15) is 0 Å². The van der Waals surface area contributed by atoms with E-state index in [1.165, 1.54) is 0 Å². The highest BCUT2D eigenvalue weighted by atomic mass is 35.5. The minimum absolute atomic E-state index is 0.433. The van der Waals surface area contributed by atoms with Crippen LogP contribution in [0, 0.1) is 0 Å². The molecule has 1 aromatic carbocycles. The molecule has 0 unspecified atom stereocenters. The Balaban J connectivity index is 2.82. The molecule has 0 bridgehead atoms. The Bertz CT molecular complexity index is 410. The van der Waals surface area contributed by atoms with Crippen LogP contribution in [0.15, 0.2) is 22.9 Å². The molecule has 0 amide bonds. The van der Waals surface area contributed by atoms with Crippen molar-refractivity contribution in [1.82, 2.24) is 5.16 Å². The van der Waals surface area contributed by atoms with E-state index in [0.29, 0.717) is 17.2 Å². The Morgan fingerprint density at radius 3 is 3.08 bits per heavy atom. The number of rotatable bonds is 1. The summed E-state index contributed by atoms with van der Waals surface area (Å²) in [7, 11) is 0. The van der Waals surface area contributed by atoms with E-state index in [-0.39, 0.29) is 0 Å². The number of hydrogen-bond acceptors (Lipinski definition) is 3. The van der Waals surface area contributed by atoms with Crippen LogP contribution >= 0.6 is 11.6 Å². The second-order valence-corrected chi connectivity index (χ2v) is 2.89. The van der Waals surface area contributed by atoms with Crippen molar-refractivity contribution in [2.75, 3.05) is 0 Å². The summed E-state index contributed by atoms with van der Waals surface area (Å²) in [6.45, 7) is 0.433. The van der Waals surface area contributed by atoms with Crippen molar-refractivity contribution in [2.45, 2.75) is 6.54 Å². The van der Waals surface area contributed by atoms with Crippen LogP contribution in [0.5, 0.6) is 0 Å². The molecule has 3 nitrogen and oxygen atoms in total. The van der Waals surface area contributed by atoms with Gasteiger partial charge in [0.1, 0.15) is 0 Å². The van der Waals surface area contributed by atoms with Crippen LogP contribution in [0.25, 0.3) is 11.0 Å². The van der Waals surface area contributed by atoms with Gasteiger partial charge in [-0.3, -0.25) is 0 Å². The molecule has 0 fully saturated rings. The molecule has 0 saturated heterocycles. The fraction of sp³-hybridized carbons (Fsp3) is 0.125. The normalized spacial score (nSPS) is 10.8. The largest absolute Gasteiger partial charge is 0.356 e. The van der Waals surface area contributed by atoms with E-state index in [2.05, 4.69) is 5.16 Å². The van der Waals surface area contributed by atoms with E-state index in [9.17, 15) is 0 Å². The van der Waals surface area contributed by atoms with Gasteiger partial charge >= 0.3 is 0 Å². The summed E-state index contributed by atoms with van der Waals surface area (Å²) in [5.74, 6) is 0. The number of halogens is 1. The molecular formula is C8H7ClN2O. The second-order valence-electron chi connectivity index (χ2n) is 2.48. The van der Waals surface area contributed by atoms with Crippen molar-refractivity contribution < 1.29 is 4.52 Å². The fourth-order valence-electron chi connectivity index (χ4n) is 1.14. The van der Waals surface area contributed by atoms with E-state index in [0.717, 1.165) is 10.9 Å². The van der Waals surface area contributed by atoms with Crippen molar-refractivity contribution in [3.63, 3.8) is 0 Å². The van der Waals surface area contributed by atoms with Crippen LogP contribution in [0.3, 0.4) is 0 Å². The number of aromatic nitrogens is 1. The molecule has 0 spiro atoms. The first kappa shape index (κ1) is 7.58. The van der Waals surface area contributed by atoms with Crippen LogP contribution in [0.4, 0.5) is 0 Å². The Hall–Kier alpha value is -1.06. The molecular weight excluding hydrogens is 176 g/mol. The van der Waals surface area contributed by atoms with E-state index in [1.807, 2.05) is 6.07 Å². The topological polar surface area (TPSA) is 52.0 Å². The quantitative estimate of drug-likeness (QED) is 0.734. The number of nitrogens with zero attached hydrogens (tertiary/aromatic N) is 1. The van der Waals surface area contributed by atoms with E-state index < -0.39 is 0 Å². The highest BCUT2D eigenvalue weighted by Crippen LogP contribution is 2.25. The molecule has 62 valence electrons. The lowest BCUT2D eigenvalue weighted by molar-refractivity contribution is 0.454. The molecule has 2 N–H and O–H groups in total. The zero-order valence-electron chi connectivity index (χ0n) is 6.25. The summed E-state index contributed by atoms with van der Waals surface area (Å²) in [6.07, 6.45) is 1.59. The monoisotopic (exact) mass is 182 g/mol. The molecule has 0 aliphatic heterocycles. The maximum absolute atomic E-state index is 5.89. The van der Waals surface area contributed by atoms with Crippen molar-refractivity contribution in [3.8, 4) is 0 Å². The highest BCUT2D eigenvalue weighted by Gasteiger charge is 2.06. The lowest BCUT2D eigenvalue weighted by Gasteiger charge is -1.96. The molecule has 0 atom stereocenters. The molecule has 2 rings (SSSR count). The smallest absolute Gasteiger partial charge is 0.172 e. The second kappa shape index (κ2) is 2.77. The zero-order valence-corrected chi connectivity index (χ0v) is 7.01. The van der Waals surface area contributed by atoms with E-state index in [4.69, 9.17) is 21.9 Å². The van der Waals surface area contributed by atoms with Crippen LogP contribution < -0.4 is 5.73 Å². The Morgan fingerprint density at radius 1 is 1.50 bits per heavy atom. The van der Waals surface area contributed by atoms with Gasteiger partial charge in [0.05, 0.1) is 16.6 Å². The zero-order chi connectivity index (χ0) is 8.55. The molecule has 0 aliphatic rings. The summed E-state index contributed by atoms with van der Waals surface area (Å²) < 4.78 is 5.01. The van der Waals surface area contributed by atoms with Gasteiger partial charge in [-0.1, -0.05) is 22.8 Å². The first-order valence-corrected chi connectivity index (χ1v) is 3.92. The highest BCUT2D eigenvalue weighted by molar-refractivity contribution is 6.35. The molecule has 0 aliphatic carbocycles. The fourth-order valence-corrected chi connectivity index (χ4v) is 1.34. The number of nitrogens with two attached hydrogens (primary N) is 1. The number of hydrogen-bond donors (Lipinski definition) is 1. The molecule has 0 saturated carbocycles. The predicted octanol–water partition coefficient (Wildman–Crippen LogP) is 1.94.